The van der Waals surface area contributed by atoms with Gasteiger partial charge >= 0.3 is 0 Å². The van der Waals surface area contributed by atoms with E-state index in [0.29, 0.717) is 5.92 Å². The van der Waals surface area contributed by atoms with Gasteiger partial charge in [-0.05, 0) is 23.3 Å². The molecule has 0 N–H and O–H groups in total. The van der Waals surface area contributed by atoms with E-state index in [1.165, 1.54) is 20.5 Å². The molecule has 1 aliphatic heterocycles. The molecule has 0 saturated heterocycles. The van der Waals surface area contributed by atoms with Gasteiger partial charge in [0, 0.05) is 21.0 Å². The average molecular weight is 291 g/mol. The van der Waals surface area contributed by atoms with Crippen LogP contribution in [-0.2, 0) is 0 Å². The number of halogens is 1. The molecule has 0 bridgehead atoms. The molecule has 0 aromatic heterocycles. The minimum absolute atomic E-state index is 0.564. The summed E-state index contributed by atoms with van der Waals surface area (Å²) in [5, 5.41) is 0. The van der Waals surface area contributed by atoms with Crippen molar-refractivity contribution >= 4 is 27.7 Å². The minimum Gasteiger partial charge on any atom is -0.125 e. The maximum atomic E-state index is 3.53. The third kappa shape index (κ3) is 1.80. The fourth-order valence-electron chi connectivity index (χ4n) is 2.15. The fourth-order valence-corrected chi connectivity index (χ4v) is 3.96. The van der Waals surface area contributed by atoms with Crippen LogP contribution in [0.4, 0.5) is 0 Å². The van der Waals surface area contributed by atoms with Gasteiger partial charge in [0.15, 0.2) is 0 Å². The maximum absolute atomic E-state index is 3.53. The van der Waals surface area contributed by atoms with Gasteiger partial charge in [0.2, 0.25) is 0 Å². The molecule has 0 amide bonds. The minimum atomic E-state index is 0.564. The summed E-state index contributed by atoms with van der Waals surface area (Å²) in [7, 11) is 0. The molecule has 80 valence electrons. The molecule has 3 rings (SSSR count). The van der Waals surface area contributed by atoms with Crippen molar-refractivity contribution in [2.24, 2.45) is 0 Å². The van der Waals surface area contributed by atoms with E-state index in [-0.39, 0.29) is 0 Å². The first-order chi connectivity index (χ1) is 7.84. The molecule has 2 heteroatoms. The molecular formula is C14H11BrS. The molecule has 0 spiro atoms. The number of hydrogen-bond acceptors (Lipinski definition) is 1. The van der Waals surface area contributed by atoms with Crippen LogP contribution in [0.25, 0.3) is 0 Å². The second-order valence-corrected chi connectivity index (χ2v) is 5.93. The SMILES string of the molecule is Brc1ccc2c(c1)SCC2c1ccccc1. The van der Waals surface area contributed by atoms with Gasteiger partial charge in [-0.3, -0.25) is 0 Å². The quantitative estimate of drug-likeness (QED) is 0.734. The Morgan fingerprint density at radius 2 is 1.88 bits per heavy atom. The van der Waals surface area contributed by atoms with E-state index in [4.69, 9.17) is 0 Å². The molecule has 0 nitrogen and oxygen atoms in total. The van der Waals surface area contributed by atoms with E-state index < -0.39 is 0 Å². The molecule has 2 aromatic rings. The molecule has 0 fully saturated rings. The zero-order chi connectivity index (χ0) is 11.0. The number of hydrogen-bond donors (Lipinski definition) is 0. The third-order valence-electron chi connectivity index (χ3n) is 2.96. The lowest BCUT2D eigenvalue weighted by Gasteiger charge is -2.10. The topological polar surface area (TPSA) is 0 Å². The van der Waals surface area contributed by atoms with Crippen LogP contribution in [0.15, 0.2) is 57.9 Å². The first-order valence-electron chi connectivity index (χ1n) is 5.32. The zero-order valence-electron chi connectivity index (χ0n) is 8.69. The van der Waals surface area contributed by atoms with Crippen LogP contribution in [-0.4, -0.2) is 5.75 Å². The molecule has 1 heterocycles. The van der Waals surface area contributed by atoms with Gasteiger partial charge < -0.3 is 0 Å². The normalized spacial score (nSPS) is 18.4. The average Bonchev–Trinajstić information content (AvgIpc) is 2.73. The summed E-state index contributed by atoms with van der Waals surface area (Å²) in [6, 6.07) is 17.4. The Labute approximate surface area is 108 Å². The molecule has 1 aliphatic rings. The fraction of sp³-hybridized carbons (Fsp3) is 0.143. The van der Waals surface area contributed by atoms with E-state index in [2.05, 4.69) is 64.5 Å². The third-order valence-corrected chi connectivity index (χ3v) is 4.62. The van der Waals surface area contributed by atoms with Crippen LogP contribution >= 0.6 is 27.7 Å². The van der Waals surface area contributed by atoms with Crippen LogP contribution in [0.2, 0.25) is 0 Å². The van der Waals surface area contributed by atoms with Crippen molar-refractivity contribution in [1.29, 1.82) is 0 Å². The standard InChI is InChI=1S/C14H11BrS/c15-11-6-7-12-13(9-16-14(12)8-11)10-4-2-1-3-5-10/h1-8,13H,9H2. The molecule has 1 atom stereocenters. The predicted octanol–water partition coefficient (Wildman–Crippen LogP) is 4.69. The summed E-state index contributed by atoms with van der Waals surface area (Å²) < 4.78 is 1.17. The van der Waals surface area contributed by atoms with Crippen molar-refractivity contribution in [1.82, 2.24) is 0 Å². The van der Waals surface area contributed by atoms with Gasteiger partial charge in [-0.1, -0.05) is 52.3 Å². The van der Waals surface area contributed by atoms with Crippen molar-refractivity contribution in [3.8, 4) is 0 Å². The highest BCUT2D eigenvalue weighted by Gasteiger charge is 2.24. The lowest BCUT2D eigenvalue weighted by molar-refractivity contribution is 0.937. The molecule has 1 unspecified atom stereocenters. The zero-order valence-corrected chi connectivity index (χ0v) is 11.1. The van der Waals surface area contributed by atoms with Crippen molar-refractivity contribution in [3.05, 3.63) is 64.1 Å². The van der Waals surface area contributed by atoms with E-state index >= 15 is 0 Å². The Balaban J connectivity index is 2.04. The molecule has 16 heavy (non-hydrogen) atoms. The Kier molecular flexibility index (Phi) is 2.78. The monoisotopic (exact) mass is 290 g/mol. The van der Waals surface area contributed by atoms with Crippen molar-refractivity contribution < 1.29 is 0 Å². The molecule has 0 radical (unpaired) electrons. The Morgan fingerprint density at radius 1 is 1.06 bits per heavy atom. The Morgan fingerprint density at radius 3 is 2.69 bits per heavy atom. The second-order valence-electron chi connectivity index (χ2n) is 3.96. The van der Waals surface area contributed by atoms with Crippen LogP contribution < -0.4 is 0 Å². The first-order valence-corrected chi connectivity index (χ1v) is 7.09. The Bertz CT molecular complexity index is 507. The molecular weight excluding hydrogens is 280 g/mol. The highest BCUT2D eigenvalue weighted by molar-refractivity contribution is 9.10. The Hall–Kier alpha value is -0.730. The summed E-state index contributed by atoms with van der Waals surface area (Å²) >= 11 is 5.48. The van der Waals surface area contributed by atoms with Gasteiger partial charge in [-0.2, -0.15) is 0 Å². The van der Waals surface area contributed by atoms with E-state index in [1.54, 1.807) is 0 Å². The summed E-state index contributed by atoms with van der Waals surface area (Å²) in [5.74, 6) is 1.73. The van der Waals surface area contributed by atoms with Crippen molar-refractivity contribution in [2.45, 2.75) is 10.8 Å². The summed E-state index contributed by atoms with van der Waals surface area (Å²) in [6.45, 7) is 0. The van der Waals surface area contributed by atoms with Gasteiger partial charge in [0.1, 0.15) is 0 Å². The molecule has 2 aromatic carbocycles. The largest absolute Gasteiger partial charge is 0.125 e. The number of thioether (sulfide) groups is 1. The lowest BCUT2D eigenvalue weighted by atomic mass is 9.93. The van der Waals surface area contributed by atoms with Crippen LogP contribution in [0.3, 0.4) is 0 Å². The van der Waals surface area contributed by atoms with Gasteiger partial charge in [-0.15, -0.1) is 11.8 Å². The second kappa shape index (κ2) is 4.27. The van der Waals surface area contributed by atoms with Crippen molar-refractivity contribution in [2.75, 3.05) is 5.75 Å². The highest BCUT2D eigenvalue weighted by atomic mass is 79.9. The highest BCUT2D eigenvalue weighted by Crippen LogP contribution is 2.43. The van der Waals surface area contributed by atoms with E-state index in [1.807, 2.05) is 11.8 Å². The maximum Gasteiger partial charge on any atom is 0.0195 e. The smallest absolute Gasteiger partial charge is 0.0195 e. The molecule has 0 aliphatic carbocycles. The number of benzene rings is 2. The van der Waals surface area contributed by atoms with Crippen LogP contribution in [0.1, 0.15) is 17.0 Å². The van der Waals surface area contributed by atoms with E-state index in [0.717, 1.165) is 5.75 Å². The van der Waals surface area contributed by atoms with E-state index in [9.17, 15) is 0 Å². The predicted molar refractivity (Wildman–Crippen MR) is 73.2 cm³/mol. The van der Waals surface area contributed by atoms with Crippen molar-refractivity contribution in [3.63, 3.8) is 0 Å². The summed E-state index contributed by atoms with van der Waals surface area (Å²) in [4.78, 5) is 1.42. The lowest BCUT2D eigenvalue weighted by Crippen LogP contribution is -1.98. The molecule has 0 saturated carbocycles. The number of fused-ring (bicyclic) bond motifs is 1. The van der Waals surface area contributed by atoms with Gasteiger partial charge in [0.05, 0.1) is 0 Å². The first kappa shape index (κ1) is 10.4. The summed E-state index contributed by atoms with van der Waals surface area (Å²) in [5.41, 5.74) is 2.90. The van der Waals surface area contributed by atoms with Crippen LogP contribution in [0.5, 0.6) is 0 Å². The van der Waals surface area contributed by atoms with Crippen LogP contribution in [0, 0.1) is 0 Å². The number of rotatable bonds is 1. The summed E-state index contributed by atoms with van der Waals surface area (Å²) in [6.07, 6.45) is 0. The van der Waals surface area contributed by atoms with Gasteiger partial charge in [0.25, 0.3) is 0 Å². The van der Waals surface area contributed by atoms with Gasteiger partial charge in [-0.25, -0.2) is 0 Å².